The minimum atomic E-state index is -0.00441. The molecule has 1 fully saturated rings. The standard InChI is InChI=1S/C22H28N2O3/c1-14(2)18-6-8-19(9-7-18)21(25)23-10-12-24(13-11-23)22(26)20-15(3)16(4)27-17(20)5/h6-9,14H,10-13H2,1-5H3. The van der Waals surface area contributed by atoms with Gasteiger partial charge in [-0.25, -0.2) is 0 Å². The van der Waals surface area contributed by atoms with Crippen molar-refractivity contribution in [3.63, 3.8) is 0 Å². The number of carbonyl (C=O) groups excluding carboxylic acids is 2. The lowest BCUT2D eigenvalue weighted by atomic mass is 10.0. The Morgan fingerprint density at radius 3 is 1.81 bits per heavy atom. The van der Waals surface area contributed by atoms with E-state index in [0.29, 0.717) is 49.0 Å². The molecule has 0 N–H and O–H groups in total. The summed E-state index contributed by atoms with van der Waals surface area (Å²) in [5, 5.41) is 0. The summed E-state index contributed by atoms with van der Waals surface area (Å²) in [6.45, 7) is 12.1. The summed E-state index contributed by atoms with van der Waals surface area (Å²) in [6, 6.07) is 7.83. The highest BCUT2D eigenvalue weighted by Crippen LogP contribution is 2.23. The Kier molecular flexibility index (Phi) is 5.40. The lowest BCUT2D eigenvalue weighted by molar-refractivity contribution is 0.0534. The molecule has 1 aromatic carbocycles. The molecule has 0 radical (unpaired) electrons. The fourth-order valence-electron chi connectivity index (χ4n) is 3.57. The summed E-state index contributed by atoms with van der Waals surface area (Å²) in [5.41, 5.74) is 3.50. The molecule has 0 unspecified atom stereocenters. The number of piperazine rings is 1. The number of amides is 2. The van der Waals surface area contributed by atoms with Crippen molar-refractivity contribution >= 4 is 11.8 Å². The van der Waals surface area contributed by atoms with Crippen molar-refractivity contribution in [3.8, 4) is 0 Å². The number of hydrogen-bond acceptors (Lipinski definition) is 3. The van der Waals surface area contributed by atoms with Crippen LogP contribution in [0.2, 0.25) is 0 Å². The van der Waals surface area contributed by atoms with E-state index < -0.39 is 0 Å². The highest BCUT2D eigenvalue weighted by atomic mass is 16.3. The molecule has 5 heteroatoms. The molecule has 0 aliphatic carbocycles. The van der Waals surface area contributed by atoms with Crippen molar-refractivity contribution in [2.45, 2.75) is 40.5 Å². The average Bonchev–Trinajstić information content (AvgIpc) is 2.92. The van der Waals surface area contributed by atoms with Gasteiger partial charge < -0.3 is 14.2 Å². The molecule has 2 aromatic rings. The Balaban J connectivity index is 1.64. The Bertz CT molecular complexity index is 841. The third-order valence-corrected chi connectivity index (χ3v) is 5.45. The zero-order chi connectivity index (χ0) is 19.7. The topological polar surface area (TPSA) is 53.8 Å². The van der Waals surface area contributed by atoms with E-state index in [2.05, 4.69) is 13.8 Å². The lowest BCUT2D eigenvalue weighted by Crippen LogP contribution is -2.50. The van der Waals surface area contributed by atoms with Crippen LogP contribution in [0, 0.1) is 20.8 Å². The van der Waals surface area contributed by atoms with Crippen molar-refractivity contribution in [2.75, 3.05) is 26.2 Å². The summed E-state index contributed by atoms with van der Waals surface area (Å²) >= 11 is 0. The number of carbonyl (C=O) groups is 2. The van der Waals surface area contributed by atoms with Crippen molar-refractivity contribution in [1.29, 1.82) is 0 Å². The van der Waals surface area contributed by atoms with Gasteiger partial charge >= 0.3 is 0 Å². The lowest BCUT2D eigenvalue weighted by Gasteiger charge is -2.35. The second kappa shape index (κ2) is 7.59. The molecule has 1 saturated heterocycles. The van der Waals surface area contributed by atoms with Crippen LogP contribution in [0.25, 0.3) is 0 Å². The van der Waals surface area contributed by atoms with Gasteiger partial charge in [-0.05, 0) is 44.4 Å². The van der Waals surface area contributed by atoms with E-state index in [1.165, 1.54) is 5.56 Å². The van der Waals surface area contributed by atoms with Gasteiger partial charge in [0.15, 0.2) is 0 Å². The minimum absolute atomic E-state index is 0.00441. The van der Waals surface area contributed by atoms with Gasteiger partial charge in [-0.2, -0.15) is 0 Å². The molecule has 144 valence electrons. The van der Waals surface area contributed by atoms with Crippen LogP contribution < -0.4 is 0 Å². The minimum Gasteiger partial charge on any atom is -0.466 e. The van der Waals surface area contributed by atoms with Crippen LogP contribution in [-0.4, -0.2) is 47.8 Å². The monoisotopic (exact) mass is 368 g/mol. The van der Waals surface area contributed by atoms with E-state index in [1.807, 2.05) is 54.8 Å². The van der Waals surface area contributed by atoms with Crippen LogP contribution in [0.4, 0.5) is 0 Å². The van der Waals surface area contributed by atoms with Crippen LogP contribution in [0.15, 0.2) is 28.7 Å². The predicted octanol–water partition coefficient (Wildman–Crippen LogP) is 3.93. The van der Waals surface area contributed by atoms with Crippen molar-refractivity contribution in [3.05, 3.63) is 58.0 Å². The number of furan rings is 1. The fourth-order valence-corrected chi connectivity index (χ4v) is 3.57. The normalized spacial score (nSPS) is 14.7. The highest BCUT2D eigenvalue weighted by Gasteiger charge is 2.28. The molecular formula is C22H28N2O3. The van der Waals surface area contributed by atoms with Crippen LogP contribution >= 0.6 is 0 Å². The Hall–Kier alpha value is -2.56. The first-order valence-corrected chi connectivity index (χ1v) is 9.54. The molecule has 2 heterocycles. The number of nitrogens with zero attached hydrogens (tertiary/aromatic N) is 2. The molecule has 27 heavy (non-hydrogen) atoms. The van der Waals surface area contributed by atoms with E-state index in [-0.39, 0.29) is 11.8 Å². The van der Waals surface area contributed by atoms with Crippen molar-refractivity contribution in [1.82, 2.24) is 9.80 Å². The van der Waals surface area contributed by atoms with Crippen molar-refractivity contribution in [2.24, 2.45) is 0 Å². The number of benzene rings is 1. The predicted molar refractivity (Wildman–Crippen MR) is 105 cm³/mol. The maximum absolute atomic E-state index is 12.9. The fraction of sp³-hybridized carbons (Fsp3) is 0.455. The van der Waals surface area contributed by atoms with E-state index in [9.17, 15) is 9.59 Å². The van der Waals surface area contributed by atoms with Gasteiger partial charge in [-0.3, -0.25) is 9.59 Å². The summed E-state index contributed by atoms with van der Waals surface area (Å²) in [4.78, 5) is 29.3. The number of hydrogen-bond donors (Lipinski definition) is 0. The second-order valence-corrected chi connectivity index (χ2v) is 7.58. The van der Waals surface area contributed by atoms with Gasteiger partial charge in [0.05, 0.1) is 5.56 Å². The second-order valence-electron chi connectivity index (χ2n) is 7.58. The van der Waals surface area contributed by atoms with Crippen LogP contribution in [-0.2, 0) is 0 Å². The first kappa shape index (κ1) is 19.2. The summed E-state index contributed by atoms with van der Waals surface area (Å²) in [5.74, 6) is 1.93. The third-order valence-electron chi connectivity index (χ3n) is 5.45. The van der Waals surface area contributed by atoms with Gasteiger partial charge in [0.2, 0.25) is 0 Å². The van der Waals surface area contributed by atoms with E-state index in [4.69, 9.17) is 4.42 Å². The molecular weight excluding hydrogens is 340 g/mol. The zero-order valence-corrected chi connectivity index (χ0v) is 16.8. The molecule has 3 rings (SSSR count). The molecule has 2 amide bonds. The van der Waals surface area contributed by atoms with Gasteiger partial charge in [0.25, 0.3) is 11.8 Å². The highest BCUT2D eigenvalue weighted by molar-refractivity contribution is 5.97. The molecule has 1 aliphatic rings. The van der Waals surface area contributed by atoms with Gasteiger partial charge in [-0.1, -0.05) is 26.0 Å². The van der Waals surface area contributed by atoms with E-state index >= 15 is 0 Å². The largest absolute Gasteiger partial charge is 0.466 e. The number of aryl methyl sites for hydroxylation is 2. The van der Waals surface area contributed by atoms with Gasteiger partial charge in [0, 0.05) is 37.3 Å². The summed E-state index contributed by atoms with van der Waals surface area (Å²) in [7, 11) is 0. The maximum atomic E-state index is 12.9. The third kappa shape index (κ3) is 3.77. The first-order chi connectivity index (χ1) is 12.8. The SMILES string of the molecule is Cc1oc(C)c(C(=O)N2CCN(C(=O)c3ccc(C(C)C)cc3)CC2)c1C. The molecule has 1 aliphatic heterocycles. The summed E-state index contributed by atoms with van der Waals surface area (Å²) in [6.07, 6.45) is 0. The Morgan fingerprint density at radius 2 is 1.37 bits per heavy atom. The first-order valence-electron chi connectivity index (χ1n) is 9.54. The Labute approximate surface area is 160 Å². The zero-order valence-electron chi connectivity index (χ0n) is 16.8. The van der Waals surface area contributed by atoms with Gasteiger partial charge in [-0.15, -0.1) is 0 Å². The smallest absolute Gasteiger partial charge is 0.257 e. The average molecular weight is 368 g/mol. The van der Waals surface area contributed by atoms with Gasteiger partial charge in [0.1, 0.15) is 11.5 Å². The van der Waals surface area contributed by atoms with Crippen molar-refractivity contribution < 1.29 is 14.0 Å². The Morgan fingerprint density at radius 1 is 0.852 bits per heavy atom. The van der Waals surface area contributed by atoms with E-state index in [1.54, 1.807) is 0 Å². The number of rotatable bonds is 3. The molecule has 1 aromatic heterocycles. The molecule has 0 atom stereocenters. The molecule has 0 bridgehead atoms. The van der Waals surface area contributed by atoms with E-state index in [0.717, 1.165) is 11.3 Å². The molecule has 5 nitrogen and oxygen atoms in total. The van der Waals surface area contributed by atoms with Crippen LogP contribution in [0.3, 0.4) is 0 Å². The quantitative estimate of drug-likeness (QED) is 0.825. The molecule has 0 saturated carbocycles. The summed E-state index contributed by atoms with van der Waals surface area (Å²) < 4.78 is 5.59. The maximum Gasteiger partial charge on any atom is 0.257 e. The van der Waals surface area contributed by atoms with Crippen LogP contribution in [0.5, 0.6) is 0 Å². The molecule has 0 spiro atoms. The van der Waals surface area contributed by atoms with Crippen LogP contribution in [0.1, 0.15) is 63.1 Å².